The zero-order chi connectivity index (χ0) is 24.2. The van der Waals surface area contributed by atoms with Crippen molar-refractivity contribution >= 4 is 51.5 Å². The van der Waals surface area contributed by atoms with Gasteiger partial charge in [-0.15, -0.1) is 0 Å². The van der Waals surface area contributed by atoms with E-state index in [4.69, 9.17) is 33.0 Å². The van der Waals surface area contributed by atoms with E-state index in [0.717, 1.165) is 5.56 Å². The van der Waals surface area contributed by atoms with Crippen LogP contribution in [0.3, 0.4) is 0 Å². The lowest BCUT2D eigenvalue weighted by molar-refractivity contribution is 0.102. The Kier molecular flexibility index (Phi) is 7.16. The third kappa shape index (κ3) is 5.06. The van der Waals surface area contributed by atoms with E-state index in [-0.39, 0.29) is 19.1 Å². The molecule has 34 heavy (non-hydrogen) atoms. The Morgan fingerprint density at radius 3 is 2.76 bits per heavy atom. The molecule has 0 aliphatic carbocycles. The first-order chi connectivity index (χ1) is 16.4. The molecule has 2 aromatic carbocycles. The quantitative estimate of drug-likeness (QED) is 0.310. The highest BCUT2D eigenvalue weighted by Gasteiger charge is 2.16. The van der Waals surface area contributed by atoms with Crippen LogP contribution in [0.1, 0.15) is 21.6 Å². The maximum Gasteiger partial charge on any atom is 0.255 e. The van der Waals surface area contributed by atoms with Gasteiger partial charge in [-0.3, -0.25) is 4.79 Å². The van der Waals surface area contributed by atoms with Crippen molar-refractivity contribution in [3.63, 3.8) is 0 Å². The number of aryl methyl sites for hydroxylation is 2. The maximum atomic E-state index is 12.7. The summed E-state index contributed by atoms with van der Waals surface area (Å²) in [5, 5.41) is 20.6. The molecule has 0 fully saturated rings. The van der Waals surface area contributed by atoms with Crippen LogP contribution < -0.4 is 15.4 Å². The molecular weight excluding hydrogens is 479 g/mol. The molecule has 176 valence electrons. The van der Waals surface area contributed by atoms with Gasteiger partial charge in [0.05, 0.1) is 22.7 Å². The SMILES string of the molecule is Cc1ccc(NC(=O)c2ccc(NCCO)c(Cl)c2)cc1OCc1nn(C)c2ncnc(Cl)c12. The number of hydrogen-bond acceptors (Lipinski definition) is 7. The Hall–Kier alpha value is -3.40. The number of rotatable bonds is 8. The lowest BCUT2D eigenvalue weighted by Gasteiger charge is -2.12. The Labute approximate surface area is 205 Å². The van der Waals surface area contributed by atoms with Gasteiger partial charge in [-0.05, 0) is 36.8 Å². The molecule has 0 radical (unpaired) electrons. The summed E-state index contributed by atoms with van der Waals surface area (Å²) in [7, 11) is 1.78. The molecule has 0 bridgehead atoms. The fourth-order valence-corrected chi connectivity index (χ4v) is 3.89. The van der Waals surface area contributed by atoms with Crippen LogP contribution in [0.2, 0.25) is 10.2 Å². The smallest absolute Gasteiger partial charge is 0.255 e. The summed E-state index contributed by atoms with van der Waals surface area (Å²) in [6.07, 6.45) is 1.39. The van der Waals surface area contributed by atoms with E-state index < -0.39 is 0 Å². The molecule has 1 amide bonds. The summed E-state index contributed by atoms with van der Waals surface area (Å²) in [4.78, 5) is 21.0. The van der Waals surface area contributed by atoms with Gasteiger partial charge in [0.15, 0.2) is 5.65 Å². The average molecular weight is 501 g/mol. The lowest BCUT2D eigenvalue weighted by Crippen LogP contribution is -2.13. The molecule has 0 unspecified atom stereocenters. The van der Waals surface area contributed by atoms with Crippen molar-refractivity contribution in [1.29, 1.82) is 0 Å². The number of carbonyl (C=O) groups is 1. The number of halogens is 2. The predicted molar refractivity (Wildman–Crippen MR) is 132 cm³/mol. The molecule has 0 saturated heterocycles. The van der Waals surface area contributed by atoms with E-state index in [2.05, 4.69) is 25.7 Å². The number of nitrogens with one attached hydrogen (secondary N) is 2. The highest BCUT2D eigenvalue weighted by atomic mass is 35.5. The number of benzene rings is 2. The highest BCUT2D eigenvalue weighted by molar-refractivity contribution is 6.34. The molecule has 3 N–H and O–H groups in total. The van der Waals surface area contributed by atoms with Crippen molar-refractivity contribution in [2.24, 2.45) is 7.05 Å². The van der Waals surface area contributed by atoms with Crippen LogP contribution in [0.15, 0.2) is 42.7 Å². The second-order valence-corrected chi connectivity index (χ2v) is 8.27. The molecule has 0 aliphatic rings. The van der Waals surface area contributed by atoms with E-state index in [1.807, 2.05) is 13.0 Å². The summed E-state index contributed by atoms with van der Waals surface area (Å²) in [5.41, 5.74) is 3.73. The summed E-state index contributed by atoms with van der Waals surface area (Å²) < 4.78 is 7.63. The number of amides is 1. The van der Waals surface area contributed by atoms with E-state index in [1.54, 1.807) is 42.1 Å². The van der Waals surface area contributed by atoms with Gasteiger partial charge in [0, 0.05) is 30.9 Å². The predicted octanol–water partition coefficient (Wildman–Crippen LogP) is 4.21. The van der Waals surface area contributed by atoms with Crippen molar-refractivity contribution < 1.29 is 14.6 Å². The molecule has 11 heteroatoms. The number of ether oxygens (including phenoxy) is 1. The molecule has 2 heterocycles. The number of nitrogens with zero attached hydrogens (tertiary/aromatic N) is 4. The minimum Gasteiger partial charge on any atom is -0.487 e. The molecule has 0 saturated carbocycles. The Morgan fingerprint density at radius 1 is 1.18 bits per heavy atom. The van der Waals surface area contributed by atoms with Gasteiger partial charge >= 0.3 is 0 Å². The average Bonchev–Trinajstić information content (AvgIpc) is 3.15. The number of carbonyl (C=O) groups excluding carboxylic acids is 1. The minimum atomic E-state index is -0.315. The molecule has 4 aromatic rings. The Morgan fingerprint density at radius 2 is 2.00 bits per heavy atom. The second-order valence-electron chi connectivity index (χ2n) is 7.50. The van der Waals surface area contributed by atoms with E-state index in [1.165, 1.54) is 6.33 Å². The summed E-state index contributed by atoms with van der Waals surface area (Å²) >= 11 is 12.5. The van der Waals surface area contributed by atoms with Gasteiger partial charge in [-0.2, -0.15) is 5.10 Å². The molecule has 9 nitrogen and oxygen atoms in total. The molecule has 4 rings (SSSR count). The fourth-order valence-electron chi connectivity index (χ4n) is 3.40. The minimum absolute atomic E-state index is 0.0201. The van der Waals surface area contributed by atoms with Crippen molar-refractivity contribution in [3.8, 4) is 5.75 Å². The molecule has 0 atom stereocenters. The van der Waals surface area contributed by atoms with Crippen molar-refractivity contribution in [2.45, 2.75) is 13.5 Å². The number of aliphatic hydroxyl groups excluding tert-OH is 1. The maximum absolute atomic E-state index is 12.7. The van der Waals surface area contributed by atoms with Crippen LogP contribution in [0.4, 0.5) is 11.4 Å². The highest BCUT2D eigenvalue weighted by Crippen LogP contribution is 2.28. The van der Waals surface area contributed by atoms with Crippen LogP contribution in [0.5, 0.6) is 5.75 Å². The van der Waals surface area contributed by atoms with Gasteiger partial charge in [0.2, 0.25) is 0 Å². The monoisotopic (exact) mass is 500 g/mol. The van der Waals surface area contributed by atoms with Crippen LogP contribution in [-0.4, -0.2) is 43.9 Å². The van der Waals surface area contributed by atoms with Gasteiger partial charge < -0.3 is 20.5 Å². The fraction of sp³-hybridized carbons (Fsp3) is 0.217. The standard InChI is InChI=1S/C23H22Cl2N6O3/c1-13-3-5-15(29-23(33)14-4-6-17(16(24)9-14)26-7-8-32)10-19(13)34-11-18-20-21(25)27-12-28-22(20)31(2)30-18/h3-6,9-10,12,26,32H,7-8,11H2,1-2H3,(H,29,33). The normalized spacial score (nSPS) is 11.0. The third-order valence-electron chi connectivity index (χ3n) is 5.12. The van der Waals surface area contributed by atoms with Crippen LogP contribution in [0.25, 0.3) is 11.0 Å². The lowest BCUT2D eigenvalue weighted by atomic mass is 10.1. The third-order valence-corrected chi connectivity index (χ3v) is 5.72. The van der Waals surface area contributed by atoms with Crippen LogP contribution in [0, 0.1) is 6.92 Å². The zero-order valence-electron chi connectivity index (χ0n) is 18.5. The number of aromatic nitrogens is 4. The summed E-state index contributed by atoms with van der Waals surface area (Å²) in [6, 6.07) is 10.3. The molecular formula is C23H22Cl2N6O3. The van der Waals surface area contributed by atoms with Crippen molar-refractivity contribution in [3.05, 3.63) is 69.7 Å². The number of fused-ring (bicyclic) bond motifs is 1. The van der Waals surface area contributed by atoms with Crippen molar-refractivity contribution in [2.75, 3.05) is 23.8 Å². The van der Waals surface area contributed by atoms with E-state index in [9.17, 15) is 4.79 Å². The second kappa shape index (κ2) is 10.3. The largest absolute Gasteiger partial charge is 0.487 e. The topological polar surface area (TPSA) is 114 Å². The Balaban J connectivity index is 1.48. The van der Waals surface area contributed by atoms with E-state index in [0.29, 0.717) is 56.1 Å². The van der Waals surface area contributed by atoms with Gasteiger partial charge in [-0.1, -0.05) is 29.3 Å². The number of aliphatic hydroxyl groups is 1. The summed E-state index contributed by atoms with van der Waals surface area (Å²) in [5.74, 6) is 0.274. The first-order valence-electron chi connectivity index (χ1n) is 10.4. The molecule has 2 aromatic heterocycles. The first kappa shape index (κ1) is 23.7. The molecule has 0 aliphatic heterocycles. The number of hydrogen-bond donors (Lipinski definition) is 3. The van der Waals surface area contributed by atoms with Crippen LogP contribution >= 0.6 is 23.2 Å². The zero-order valence-corrected chi connectivity index (χ0v) is 20.0. The van der Waals surface area contributed by atoms with Crippen molar-refractivity contribution in [1.82, 2.24) is 19.7 Å². The first-order valence-corrected chi connectivity index (χ1v) is 11.1. The van der Waals surface area contributed by atoms with Gasteiger partial charge in [0.1, 0.15) is 29.5 Å². The summed E-state index contributed by atoms with van der Waals surface area (Å²) in [6.45, 7) is 2.41. The van der Waals surface area contributed by atoms with Crippen LogP contribution in [-0.2, 0) is 13.7 Å². The Bertz CT molecular complexity index is 1360. The van der Waals surface area contributed by atoms with Gasteiger partial charge in [0.25, 0.3) is 5.91 Å². The number of anilines is 2. The van der Waals surface area contributed by atoms with E-state index >= 15 is 0 Å². The molecule has 0 spiro atoms. The van der Waals surface area contributed by atoms with Gasteiger partial charge in [-0.25, -0.2) is 14.6 Å².